The van der Waals surface area contributed by atoms with Crippen molar-refractivity contribution < 1.29 is 0 Å². The molecular formula is C28H16Cl2N2. The highest BCUT2D eigenvalue weighted by Crippen LogP contribution is 2.23. The van der Waals surface area contributed by atoms with Crippen LogP contribution in [0.3, 0.4) is 0 Å². The minimum atomic E-state index is 0.585. The van der Waals surface area contributed by atoms with Crippen molar-refractivity contribution in [3.63, 3.8) is 0 Å². The van der Waals surface area contributed by atoms with E-state index < -0.39 is 0 Å². The fraction of sp³-hybridized carbons (Fsp3) is 0. The Kier molecular flexibility index (Phi) is 6.39. The van der Waals surface area contributed by atoms with E-state index in [1.807, 2.05) is 36.4 Å². The first-order chi connectivity index (χ1) is 15.6. The van der Waals surface area contributed by atoms with Crippen LogP contribution in [0.1, 0.15) is 33.4 Å². The molecule has 0 aliphatic heterocycles. The van der Waals surface area contributed by atoms with Gasteiger partial charge in [-0.1, -0.05) is 71.8 Å². The lowest BCUT2D eigenvalue weighted by Gasteiger charge is -2.03. The van der Waals surface area contributed by atoms with E-state index in [4.69, 9.17) is 23.2 Å². The molecule has 0 bridgehead atoms. The lowest BCUT2D eigenvalue weighted by Crippen LogP contribution is -1.83. The van der Waals surface area contributed by atoms with E-state index in [2.05, 4.69) is 36.4 Å². The molecule has 0 heterocycles. The summed E-state index contributed by atoms with van der Waals surface area (Å²) in [6.07, 6.45) is 7.76. The zero-order valence-corrected chi connectivity index (χ0v) is 18.4. The molecule has 0 N–H and O–H groups in total. The second-order valence-electron chi connectivity index (χ2n) is 7.22. The molecular weight excluding hydrogens is 435 g/mol. The maximum absolute atomic E-state index is 9.28. The van der Waals surface area contributed by atoms with Crippen molar-refractivity contribution in [2.45, 2.75) is 0 Å². The molecule has 0 fully saturated rings. The van der Waals surface area contributed by atoms with Gasteiger partial charge in [0.25, 0.3) is 0 Å². The summed E-state index contributed by atoms with van der Waals surface area (Å²) in [5.74, 6) is 0. The molecule has 0 aliphatic rings. The maximum Gasteiger partial charge on any atom is 0.0997 e. The molecule has 32 heavy (non-hydrogen) atoms. The standard InChI is InChI=1S/C28H16Cl2N2/c29-27-11-9-25(17-31)23(15-27)7-3-19-1-5-21-14-20(2-6-22(21)13-19)4-8-24-16-28(30)12-10-26(24)18-32/h1-16H/b7-3+,8-4+. The highest BCUT2D eigenvalue weighted by Gasteiger charge is 2.02. The number of hydrogen-bond donors (Lipinski definition) is 0. The van der Waals surface area contributed by atoms with E-state index in [9.17, 15) is 10.5 Å². The summed E-state index contributed by atoms with van der Waals surface area (Å²) >= 11 is 12.1. The molecule has 0 saturated heterocycles. The number of rotatable bonds is 4. The zero-order valence-electron chi connectivity index (χ0n) is 16.9. The molecule has 0 spiro atoms. The molecule has 4 heteroatoms. The molecule has 0 amide bonds. The van der Waals surface area contributed by atoms with Gasteiger partial charge in [-0.2, -0.15) is 10.5 Å². The van der Waals surface area contributed by atoms with Gasteiger partial charge in [-0.25, -0.2) is 0 Å². The quantitative estimate of drug-likeness (QED) is 0.294. The summed E-state index contributed by atoms with van der Waals surface area (Å²) in [5.41, 5.74) is 4.81. The molecule has 152 valence electrons. The Hall–Kier alpha value is -3.82. The third kappa shape index (κ3) is 4.90. The number of nitriles is 2. The second kappa shape index (κ2) is 9.54. The largest absolute Gasteiger partial charge is 0.192 e. The summed E-state index contributed by atoms with van der Waals surface area (Å²) in [5, 5.41) is 22.0. The third-order valence-corrected chi connectivity index (χ3v) is 5.54. The topological polar surface area (TPSA) is 47.6 Å². The van der Waals surface area contributed by atoms with Crippen LogP contribution in [0.25, 0.3) is 35.1 Å². The van der Waals surface area contributed by atoms with Crippen molar-refractivity contribution in [3.05, 3.63) is 116 Å². The van der Waals surface area contributed by atoms with Gasteiger partial charge in [-0.05, 0) is 81.6 Å². The van der Waals surface area contributed by atoms with E-state index in [1.54, 1.807) is 36.4 Å². The van der Waals surface area contributed by atoms with Crippen LogP contribution >= 0.6 is 23.2 Å². The van der Waals surface area contributed by atoms with Gasteiger partial charge in [0.2, 0.25) is 0 Å². The van der Waals surface area contributed by atoms with Crippen molar-refractivity contribution >= 4 is 58.3 Å². The Labute approximate surface area is 196 Å². The first-order valence-corrected chi connectivity index (χ1v) is 10.6. The smallest absolute Gasteiger partial charge is 0.0997 e. The monoisotopic (exact) mass is 450 g/mol. The van der Waals surface area contributed by atoms with E-state index in [0.717, 1.165) is 33.0 Å². The molecule has 4 rings (SSSR count). The lowest BCUT2D eigenvalue weighted by molar-refractivity contribution is 1.47. The summed E-state index contributed by atoms with van der Waals surface area (Å²) in [7, 11) is 0. The Morgan fingerprint density at radius 2 is 0.969 bits per heavy atom. The summed E-state index contributed by atoms with van der Waals surface area (Å²) in [6, 6.07) is 27.2. The van der Waals surface area contributed by atoms with Crippen LogP contribution < -0.4 is 0 Å². The Bertz CT molecular complexity index is 1350. The Morgan fingerprint density at radius 1 is 0.531 bits per heavy atom. The van der Waals surface area contributed by atoms with Gasteiger partial charge >= 0.3 is 0 Å². The summed E-state index contributed by atoms with van der Waals surface area (Å²) < 4.78 is 0. The zero-order chi connectivity index (χ0) is 22.5. The van der Waals surface area contributed by atoms with Crippen molar-refractivity contribution in [1.29, 1.82) is 10.5 Å². The summed E-state index contributed by atoms with van der Waals surface area (Å²) in [4.78, 5) is 0. The van der Waals surface area contributed by atoms with Crippen molar-refractivity contribution in [1.82, 2.24) is 0 Å². The molecule has 0 unspecified atom stereocenters. The average molecular weight is 451 g/mol. The van der Waals surface area contributed by atoms with E-state index >= 15 is 0 Å². The fourth-order valence-corrected chi connectivity index (χ4v) is 3.77. The SMILES string of the molecule is N#Cc1ccc(Cl)cc1/C=C/c1ccc2cc(/C=C/c3cc(Cl)ccc3C#N)ccc2c1. The number of benzene rings is 4. The molecule has 0 aliphatic carbocycles. The molecule has 2 nitrogen and oxygen atoms in total. The van der Waals surface area contributed by atoms with Gasteiger partial charge in [0.15, 0.2) is 0 Å². The van der Waals surface area contributed by atoms with Crippen LogP contribution in [0.5, 0.6) is 0 Å². The van der Waals surface area contributed by atoms with Gasteiger partial charge in [0.1, 0.15) is 0 Å². The lowest BCUT2D eigenvalue weighted by atomic mass is 10.0. The van der Waals surface area contributed by atoms with Crippen LogP contribution in [-0.4, -0.2) is 0 Å². The van der Waals surface area contributed by atoms with Crippen LogP contribution in [-0.2, 0) is 0 Å². The molecule has 0 aromatic heterocycles. The van der Waals surface area contributed by atoms with Crippen molar-refractivity contribution in [3.8, 4) is 12.1 Å². The minimum Gasteiger partial charge on any atom is -0.192 e. The van der Waals surface area contributed by atoms with Crippen LogP contribution in [0, 0.1) is 22.7 Å². The van der Waals surface area contributed by atoms with Crippen LogP contribution in [0.2, 0.25) is 10.0 Å². The normalized spacial score (nSPS) is 11.1. The minimum absolute atomic E-state index is 0.585. The van der Waals surface area contributed by atoms with Gasteiger partial charge in [-0.15, -0.1) is 0 Å². The second-order valence-corrected chi connectivity index (χ2v) is 8.09. The van der Waals surface area contributed by atoms with Crippen LogP contribution in [0.4, 0.5) is 0 Å². The van der Waals surface area contributed by atoms with E-state index in [-0.39, 0.29) is 0 Å². The Balaban J connectivity index is 1.60. The predicted octanol–water partition coefficient (Wildman–Crippen LogP) is 8.23. The van der Waals surface area contributed by atoms with E-state index in [0.29, 0.717) is 21.2 Å². The van der Waals surface area contributed by atoms with Gasteiger partial charge < -0.3 is 0 Å². The Morgan fingerprint density at radius 3 is 1.38 bits per heavy atom. The molecule has 4 aromatic carbocycles. The number of fused-ring (bicyclic) bond motifs is 1. The molecule has 0 radical (unpaired) electrons. The number of nitrogens with zero attached hydrogens (tertiary/aromatic N) is 2. The number of halogens is 2. The molecule has 0 atom stereocenters. The van der Waals surface area contributed by atoms with Gasteiger partial charge in [0, 0.05) is 10.0 Å². The average Bonchev–Trinajstić information content (AvgIpc) is 2.81. The highest BCUT2D eigenvalue weighted by atomic mass is 35.5. The molecule has 0 saturated carbocycles. The van der Waals surface area contributed by atoms with Gasteiger partial charge in [-0.3, -0.25) is 0 Å². The predicted molar refractivity (Wildman–Crippen MR) is 134 cm³/mol. The van der Waals surface area contributed by atoms with Crippen LogP contribution in [0.15, 0.2) is 72.8 Å². The van der Waals surface area contributed by atoms with Gasteiger partial charge in [0.05, 0.1) is 23.3 Å². The first-order valence-electron chi connectivity index (χ1n) is 9.85. The summed E-state index contributed by atoms with van der Waals surface area (Å²) in [6.45, 7) is 0. The van der Waals surface area contributed by atoms with Crippen molar-refractivity contribution in [2.75, 3.05) is 0 Å². The number of hydrogen-bond acceptors (Lipinski definition) is 2. The fourth-order valence-electron chi connectivity index (χ4n) is 3.41. The first kappa shape index (κ1) is 21.4. The van der Waals surface area contributed by atoms with Crippen molar-refractivity contribution in [2.24, 2.45) is 0 Å². The third-order valence-electron chi connectivity index (χ3n) is 5.07. The maximum atomic E-state index is 9.28. The highest BCUT2D eigenvalue weighted by molar-refractivity contribution is 6.31. The van der Waals surface area contributed by atoms with E-state index in [1.165, 1.54) is 0 Å². The molecule has 4 aromatic rings.